The van der Waals surface area contributed by atoms with Crippen LogP contribution in [-0.4, -0.2) is 43.6 Å². The highest BCUT2D eigenvalue weighted by atomic mass is 16.5. The fraction of sp³-hybridized carbons (Fsp3) is 0.417. The van der Waals surface area contributed by atoms with Crippen molar-refractivity contribution >= 4 is 11.6 Å². The number of benzene rings is 2. The molecular formula is C24H29N3O2. The Balaban J connectivity index is 1.56. The Hall–Kier alpha value is -3.00. The summed E-state index contributed by atoms with van der Waals surface area (Å²) in [4.78, 5) is 16.9. The molecule has 1 saturated heterocycles. The standard InChI is InChI=1S/C24H29N3O2/c1-3-19(2)22-7-4-5-8-23(22)29-18-24(28)27-14-6-13-26(15-16-27)21-11-9-20(17-25)10-12-21/h4-5,7-12,19H,3,6,13-16,18H2,1-2H3. The predicted molar refractivity (Wildman–Crippen MR) is 115 cm³/mol. The molecule has 29 heavy (non-hydrogen) atoms. The second-order valence-electron chi connectivity index (χ2n) is 7.52. The third-order valence-electron chi connectivity index (χ3n) is 5.62. The number of rotatable bonds is 6. The van der Waals surface area contributed by atoms with Gasteiger partial charge < -0.3 is 14.5 Å². The number of amides is 1. The van der Waals surface area contributed by atoms with Crippen LogP contribution in [0.5, 0.6) is 5.75 Å². The lowest BCUT2D eigenvalue weighted by Gasteiger charge is -2.24. The zero-order chi connectivity index (χ0) is 20.6. The first-order valence-electron chi connectivity index (χ1n) is 10.4. The number of carbonyl (C=O) groups excluding carboxylic acids is 1. The number of hydrogen-bond donors (Lipinski definition) is 0. The minimum atomic E-state index is 0.0330. The van der Waals surface area contributed by atoms with E-state index in [1.807, 2.05) is 47.4 Å². The van der Waals surface area contributed by atoms with Gasteiger partial charge in [-0.15, -0.1) is 0 Å². The lowest BCUT2D eigenvalue weighted by molar-refractivity contribution is -0.133. The zero-order valence-electron chi connectivity index (χ0n) is 17.3. The maximum Gasteiger partial charge on any atom is 0.260 e. The van der Waals surface area contributed by atoms with Gasteiger partial charge in [-0.3, -0.25) is 4.79 Å². The van der Waals surface area contributed by atoms with Crippen molar-refractivity contribution in [2.45, 2.75) is 32.6 Å². The Morgan fingerprint density at radius 3 is 2.59 bits per heavy atom. The van der Waals surface area contributed by atoms with Gasteiger partial charge in [-0.1, -0.05) is 32.0 Å². The summed E-state index contributed by atoms with van der Waals surface area (Å²) in [7, 11) is 0. The Morgan fingerprint density at radius 1 is 1.10 bits per heavy atom. The Bertz CT molecular complexity index is 857. The molecule has 2 aromatic rings. The van der Waals surface area contributed by atoms with Crippen LogP contribution in [-0.2, 0) is 4.79 Å². The van der Waals surface area contributed by atoms with Crippen LogP contribution in [0, 0.1) is 11.3 Å². The predicted octanol–water partition coefficient (Wildman–Crippen LogP) is 4.19. The minimum Gasteiger partial charge on any atom is -0.483 e. The van der Waals surface area contributed by atoms with Gasteiger partial charge in [-0.05, 0) is 54.7 Å². The van der Waals surface area contributed by atoms with Crippen molar-refractivity contribution in [1.29, 1.82) is 5.26 Å². The molecule has 0 aliphatic carbocycles. The van der Waals surface area contributed by atoms with Crippen LogP contribution in [0.3, 0.4) is 0 Å². The monoisotopic (exact) mass is 391 g/mol. The van der Waals surface area contributed by atoms with E-state index < -0.39 is 0 Å². The minimum absolute atomic E-state index is 0.0330. The molecule has 1 aliphatic heterocycles. The van der Waals surface area contributed by atoms with Crippen molar-refractivity contribution in [3.05, 3.63) is 59.7 Å². The number of anilines is 1. The molecule has 2 aromatic carbocycles. The third kappa shape index (κ3) is 5.29. The summed E-state index contributed by atoms with van der Waals surface area (Å²) in [6, 6.07) is 17.8. The third-order valence-corrected chi connectivity index (χ3v) is 5.62. The van der Waals surface area contributed by atoms with Crippen molar-refractivity contribution < 1.29 is 9.53 Å². The molecule has 1 amide bonds. The fourth-order valence-electron chi connectivity index (χ4n) is 3.64. The van der Waals surface area contributed by atoms with E-state index in [9.17, 15) is 4.79 Å². The topological polar surface area (TPSA) is 56.6 Å². The molecule has 1 fully saturated rings. The maximum atomic E-state index is 12.7. The Labute approximate surface area is 173 Å². The van der Waals surface area contributed by atoms with Crippen molar-refractivity contribution in [1.82, 2.24) is 4.90 Å². The van der Waals surface area contributed by atoms with Gasteiger partial charge in [0, 0.05) is 31.9 Å². The van der Waals surface area contributed by atoms with Crippen molar-refractivity contribution in [2.75, 3.05) is 37.7 Å². The maximum absolute atomic E-state index is 12.7. The zero-order valence-corrected chi connectivity index (χ0v) is 17.3. The van der Waals surface area contributed by atoms with E-state index in [0.29, 0.717) is 18.0 Å². The molecule has 0 spiro atoms. The van der Waals surface area contributed by atoms with Crippen LogP contribution < -0.4 is 9.64 Å². The molecule has 5 heteroatoms. The van der Waals surface area contributed by atoms with E-state index in [0.717, 1.165) is 49.5 Å². The van der Waals surface area contributed by atoms with Crippen LogP contribution in [0.4, 0.5) is 5.69 Å². The number of nitriles is 1. The molecule has 1 aliphatic rings. The molecule has 0 radical (unpaired) electrons. The SMILES string of the molecule is CCC(C)c1ccccc1OCC(=O)N1CCCN(c2ccc(C#N)cc2)CC1. The smallest absolute Gasteiger partial charge is 0.260 e. The summed E-state index contributed by atoms with van der Waals surface area (Å²) in [5.41, 5.74) is 2.91. The van der Waals surface area contributed by atoms with Crippen LogP contribution in [0.25, 0.3) is 0 Å². The molecule has 0 saturated carbocycles. The summed E-state index contributed by atoms with van der Waals surface area (Å²) >= 11 is 0. The average molecular weight is 392 g/mol. The normalized spacial score (nSPS) is 15.3. The first-order valence-corrected chi connectivity index (χ1v) is 10.4. The summed E-state index contributed by atoms with van der Waals surface area (Å²) in [6.07, 6.45) is 1.95. The first kappa shape index (κ1) is 20.7. The second kappa shape index (κ2) is 9.97. The number of carbonyl (C=O) groups is 1. The van der Waals surface area contributed by atoms with Crippen molar-refractivity contribution in [3.8, 4) is 11.8 Å². The number of ether oxygens (including phenoxy) is 1. The van der Waals surface area contributed by atoms with Gasteiger partial charge in [0.15, 0.2) is 6.61 Å². The molecular weight excluding hydrogens is 362 g/mol. The Kier molecular flexibility index (Phi) is 7.13. The highest BCUT2D eigenvalue weighted by Gasteiger charge is 2.20. The van der Waals surface area contributed by atoms with E-state index in [-0.39, 0.29) is 12.5 Å². The van der Waals surface area contributed by atoms with E-state index in [2.05, 4.69) is 30.9 Å². The van der Waals surface area contributed by atoms with Crippen LogP contribution in [0.1, 0.15) is 43.7 Å². The Morgan fingerprint density at radius 2 is 1.86 bits per heavy atom. The van der Waals surface area contributed by atoms with Gasteiger partial charge in [-0.2, -0.15) is 5.26 Å². The molecule has 1 atom stereocenters. The number of para-hydroxylation sites is 1. The molecule has 5 nitrogen and oxygen atoms in total. The van der Waals surface area contributed by atoms with Crippen LogP contribution in [0.2, 0.25) is 0 Å². The van der Waals surface area contributed by atoms with Gasteiger partial charge in [0.05, 0.1) is 11.6 Å². The van der Waals surface area contributed by atoms with Crippen molar-refractivity contribution in [3.63, 3.8) is 0 Å². The van der Waals surface area contributed by atoms with E-state index in [1.54, 1.807) is 0 Å². The molecule has 0 N–H and O–H groups in total. The van der Waals surface area contributed by atoms with Gasteiger partial charge in [0.2, 0.25) is 0 Å². The van der Waals surface area contributed by atoms with Gasteiger partial charge in [0.1, 0.15) is 5.75 Å². The van der Waals surface area contributed by atoms with Crippen LogP contribution >= 0.6 is 0 Å². The molecule has 1 heterocycles. The van der Waals surface area contributed by atoms with E-state index in [1.165, 1.54) is 0 Å². The number of hydrogen-bond acceptors (Lipinski definition) is 4. The summed E-state index contributed by atoms with van der Waals surface area (Å²) in [6.45, 7) is 7.50. The second-order valence-corrected chi connectivity index (χ2v) is 7.52. The molecule has 152 valence electrons. The molecule has 0 aromatic heterocycles. The molecule has 1 unspecified atom stereocenters. The lowest BCUT2D eigenvalue weighted by atomic mass is 9.98. The summed E-state index contributed by atoms with van der Waals surface area (Å²) < 4.78 is 5.92. The first-order chi connectivity index (χ1) is 14.1. The molecule has 3 rings (SSSR count). The van der Waals surface area contributed by atoms with Gasteiger partial charge in [0.25, 0.3) is 5.91 Å². The summed E-state index contributed by atoms with van der Waals surface area (Å²) in [5, 5.41) is 8.95. The number of nitrogens with zero attached hydrogens (tertiary/aromatic N) is 3. The quantitative estimate of drug-likeness (QED) is 0.741. The summed E-state index contributed by atoms with van der Waals surface area (Å²) in [5.74, 6) is 1.25. The highest BCUT2D eigenvalue weighted by Crippen LogP contribution is 2.28. The largest absolute Gasteiger partial charge is 0.483 e. The van der Waals surface area contributed by atoms with Crippen molar-refractivity contribution in [2.24, 2.45) is 0 Å². The van der Waals surface area contributed by atoms with E-state index >= 15 is 0 Å². The average Bonchev–Trinajstić information content (AvgIpc) is 3.03. The van der Waals surface area contributed by atoms with Crippen LogP contribution in [0.15, 0.2) is 48.5 Å². The molecule has 0 bridgehead atoms. The van der Waals surface area contributed by atoms with Gasteiger partial charge >= 0.3 is 0 Å². The van der Waals surface area contributed by atoms with Gasteiger partial charge in [-0.25, -0.2) is 0 Å². The fourth-order valence-corrected chi connectivity index (χ4v) is 3.64. The lowest BCUT2D eigenvalue weighted by Crippen LogP contribution is -2.38. The van der Waals surface area contributed by atoms with E-state index in [4.69, 9.17) is 10.00 Å². The highest BCUT2D eigenvalue weighted by molar-refractivity contribution is 5.78.